The fourth-order valence-corrected chi connectivity index (χ4v) is 4.58. The Kier molecular flexibility index (Phi) is 7.46. The first-order valence-electron chi connectivity index (χ1n) is 11.8. The Balaban J connectivity index is 1.29. The normalized spacial score (nSPS) is 14.8. The average Bonchev–Trinajstić information content (AvgIpc) is 2.83. The zero-order valence-electron chi connectivity index (χ0n) is 19.6. The van der Waals surface area contributed by atoms with Gasteiger partial charge < -0.3 is 14.7 Å². The van der Waals surface area contributed by atoms with Crippen LogP contribution in [0.2, 0.25) is 0 Å². The quantitative estimate of drug-likeness (QED) is 0.450. The van der Waals surface area contributed by atoms with Crippen molar-refractivity contribution in [3.63, 3.8) is 0 Å². The van der Waals surface area contributed by atoms with Crippen molar-refractivity contribution in [2.24, 2.45) is 0 Å². The average molecular weight is 444 g/mol. The summed E-state index contributed by atoms with van der Waals surface area (Å²) in [6.07, 6.45) is 2.40. The number of piperidine rings is 1. The summed E-state index contributed by atoms with van der Waals surface area (Å²) in [6.45, 7) is 7.39. The molecule has 4 heteroatoms. The molecule has 0 saturated carbocycles. The third-order valence-electron chi connectivity index (χ3n) is 6.65. The van der Waals surface area contributed by atoms with Gasteiger partial charge in [-0.1, -0.05) is 60.2 Å². The van der Waals surface area contributed by atoms with Gasteiger partial charge in [0.15, 0.2) is 0 Å². The van der Waals surface area contributed by atoms with Crippen LogP contribution in [-0.2, 0) is 11.4 Å². The van der Waals surface area contributed by atoms with Gasteiger partial charge >= 0.3 is 5.97 Å². The van der Waals surface area contributed by atoms with E-state index in [9.17, 15) is 4.79 Å². The fourth-order valence-electron chi connectivity index (χ4n) is 4.58. The Labute approximate surface area is 196 Å². The largest absolute Gasteiger partial charge is 0.489 e. The Morgan fingerprint density at radius 1 is 0.970 bits per heavy atom. The highest BCUT2D eigenvalue weighted by Gasteiger charge is 2.20. The second-order valence-corrected chi connectivity index (χ2v) is 9.13. The molecular weight excluding hydrogens is 410 g/mol. The minimum Gasteiger partial charge on any atom is -0.489 e. The van der Waals surface area contributed by atoms with Gasteiger partial charge in [-0.3, -0.25) is 4.79 Å². The van der Waals surface area contributed by atoms with Crippen molar-refractivity contribution in [1.29, 1.82) is 0 Å². The molecule has 0 bridgehead atoms. The standard InChI is InChI=1S/C29H33NO3/c1-21-3-7-26(8-4-21)28-12-11-27(19-22(28)2)33-20-23-5-9-24(10-6-23)25-13-16-30(17-14-25)18-15-29(31)32/h3-12,19,25H,13-18,20H2,1-2H3,(H,31,32). The maximum absolute atomic E-state index is 10.8. The molecule has 0 amide bonds. The third kappa shape index (κ3) is 6.23. The molecule has 1 saturated heterocycles. The zero-order valence-corrected chi connectivity index (χ0v) is 19.6. The number of ether oxygens (including phenoxy) is 1. The minimum atomic E-state index is -0.715. The Morgan fingerprint density at radius 2 is 1.67 bits per heavy atom. The summed E-state index contributed by atoms with van der Waals surface area (Å²) in [5.41, 5.74) is 7.48. The lowest BCUT2D eigenvalue weighted by Crippen LogP contribution is -2.34. The van der Waals surface area contributed by atoms with Gasteiger partial charge in [0.25, 0.3) is 0 Å². The predicted octanol–water partition coefficient (Wildman–Crippen LogP) is 6.20. The van der Waals surface area contributed by atoms with Crippen molar-refractivity contribution >= 4 is 5.97 Å². The molecule has 0 radical (unpaired) electrons. The van der Waals surface area contributed by atoms with E-state index in [-0.39, 0.29) is 6.42 Å². The summed E-state index contributed by atoms with van der Waals surface area (Å²) in [4.78, 5) is 13.0. The van der Waals surface area contributed by atoms with E-state index in [1.54, 1.807) is 0 Å². The number of hydrogen-bond acceptors (Lipinski definition) is 3. The van der Waals surface area contributed by atoms with Gasteiger partial charge in [-0.15, -0.1) is 0 Å². The van der Waals surface area contributed by atoms with Gasteiger partial charge in [-0.25, -0.2) is 0 Å². The van der Waals surface area contributed by atoms with E-state index < -0.39 is 5.97 Å². The number of likely N-dealkylation sites (tertiary alicyclic amines) is 1. The van der Waals surface area contributed by atoms with Crippen LogP contribution >= 0.6 is 0 Å². The predicted molar refractivity (Wildman–Crippen MR) is 133 cm³/mol. The van der Waals surface area contributed by atoms with E-state index in [4.69, 9.17) is 9.84 Å². The minimum absolute atomic E-state index is 0.230. The van der Waals surface area contributed by atoms with Crippen LogP contribution in [0.4, 0.5) is 0 Å². The van der Waals surface area contributed by atoms with Crippen LogP contribution in [0.5, 0.6) is 5.75 Å². The van der Waals surface area contributed by atoms with Crippen LogP contribution in [0.1, 0.15) is 47.4 Å². The third-order valence-corrected chi connectivity index (χ3v) is 6.65. The highest BCUT2D eigenvalue weighted by molar-refractivity contribution is 5.68. The van der Waals surface area contributed by atoms with E-state index in [1.807, 2.05) is 0 Å². The fraction of sp³-hybridized carbons (Fsp3) is 0.345. The number of carbonyl (C=O) groups is 1. The van der Waals surface area contributed by atoms with Crippen LogP contribution in [-0.4, -0.2) is 35.6 Å². The van der Waals surface area contributed by atoms with Crippen molar-refractivity contribution < 1.29 is 14.6 Å². The molecule has 0 spiro atoms. The molecule has 1 aliphatic rings. The molecule has 0 aliphatic carbocycles. The molecule has 1 heterocycles. The Hall–Kier alpha value is -3.11. The van der Waals surface area contributed by atoms with Gasteiger partial charge in [-0.05, 0) is 85.6 Å². The number of nitrogens with zero attached hydrogens (tertiary/aromatic N) is 1. The van der Waals surface area contributed by atoms with E-state index in [2.05, 4.69) is 85.5 Å². The van der Waals surface area contributed by atoms with E-state index in [0.717, 1.165) is 37.2 Å². The number of rotatable bonds is 8. The first-order valence-corrected chi connectivity index (χ1v) is 11.8. The smallest absolute Gasteiger partial charge is 0.304 e. The summed E-state index contributed by atoms with van der Waals surface area (Å²) >= 11 is 0. The van der Waals surface area contributed by atoms with E-state index >= 15 is 0 Å². The van der Waals surface area contributed by atoms with Crippen LogP contribution in [0.15, 0.2) is 66.7 Å². The van der Waals surface area contributed by atoms with Gasteiger partial charge in [0, 0.05) is 6.54 Å². The molecule has 33 heavy (non-hydrogen) atoms. The molecule has 0 unspecified atom stereocenters. The number of aryl methyl sites for hydroxylation is 2. The first kappa shape index (κ1) is 23.1. The molecule has 172 valence electrons. The van der Waals surface area contributed by atoms with Crippen LogP contribution < -0.4 is 4.74 Å². The summed E-state index contributed by atoms with van der Waals surface area (Å²) in [7, 11) is 0. The second kappa shape index (κ2) is 10.7. The maximum Gasteiger partial charge on any atom is 0.304 e. The lowest BCUT2D eigenvalue weighted by Gasteiger charge is -2.31. The zero-order chi connectivity index (χ0) is 23.2. The lowest BCUT2D eigenvalue weighted by molar-refractivity contribution is -0.137. The monoisotopic (exact) mass is 443 g/mol. The molecule has 4 nitrogen and oxygen atoms in total. The first-order chi connectivity index (χ1) is 16.0. The van der Waals surface area contributed by atoms with Crippen molar-refractivity contribution in [3.8, 4) is 16.9 Å². The molecule has 1 N–H and O–H groups in total. The second-order valence-electron chi connectivity index (χ2n) is 9.13. The van der Waals surface area contributed by atoms with Gasteiger partial charge in [0.05, 0.1) is 6.42 Å². The SMILES string of the molecule is Cc1ccc(-c2ccc(OCc3ccc(C4CCN(CCC(=O)O)CC4)cc3)cc2C)cc1. The Bertz CT molecular complexity index is 1070. The highest BCUT2D eigenvalue weighted by atomic mass is 16.5. The van der Waals surface area contributed by atoms with Crippen LogP contribution in [0.3, 0.4) is 0 Å². The Morgan fingerprint density at radius 3 is 2.30 bits per heavy atom. The van der Waals surface area contributed by atoms with Crippen LogP contribution in [0.25, 0.3) is 11.1 Å². The molecular formula is C29H33NO3. The van der Waals surface area contributed by atoms with Crippen molar-refractivity contribution in [2.75, 3.05) is 19.6 Å². The summed E-state index contributed by atoms with van der Waals surface area (Å²) < 4.78 is 6.07. The van der Waals surface area contributed by atoms with Crippen molar-refractivity contribution in [1.82, 2.24) is 4.90 Å². The van der Waals surface area contributed by atoms with Crippen molar-refractivity contribution in [2.45, 2.75) is 45.6 Å². The van der Waals surface area contributed by atoms with Gasteiger partial charge in [0.1, 0.15) is 12.4 Å². The molecule has 0 aromatic heterocycles. The summed E-state index contributed by atoms with van der Waals surface area (Å²) in [6, 6.07) is 23.7. The molecule has 3 aromatic rings. The number of hydrogen-bond donors (Lipinski definition) is 1. The van der Waals surface area contributed by atoms with E-state index in [0.29, 0.717) is 19.1 Å². The topological polar surface area (TPSA) is 49.8 Å². The van der Waals surface area contributed by atoms with Gasteiger partial charge in [0.2, 0.25) is 0 Å². The van der Waals surface area contributed by atoms with Crippen molar-refractivity contribution in [3.05, 3.63) is 89.0 Å². The van der Waals surface area contributed by atoms with E-state index in [1.165, 1.54) is 27.8 Å². The number of carboxylic acids is 1. The maximum atomic E-state index is 10.8. The molecule has 4 rings (SSSR count). The van der Waals surface area contributed by atoms with Gasteiger partial charge in [-0.2, -0.15) is 0 Å². The molecule has 1 fully saturated rings. The summed E-state index contributed by atoms with van der Waals surface area (Å²) in [5.74, 6) is 0.728. The lowest BCUT2D eigenvalue weighted by atomic mass is 9.89. The number of carboxylic acid groups (broad SMARTS) is 1. The number of benzene rings is 3. The van der Waals surface area contributed by atoms with Crippen LogP contribution in [0, 0.1) is 13.8 Å². The molecule has 3 aromatic carbocycles. The molecule has 1 aliphatic heterocycles. The summed E-state index contributed by atoms with van der Waals surface area (Å²) in [5, 5.41) is 8.86. The highest BCUT2D eigenvalue weighted by Crippen LogP contribution is 2.29. The molecule has 0 atom stereocenters. The number of aliphatic carboxylic acids is 1.